The Morgan fingerprint density at radius 1 is 1.17 bits per heavy atom. The van der Waals surface area contributed by atoms with E-state index in [1.807, 2.05) is 49.3 Å². The first-order valence-corrected chi connectivity index (χ1v) is 9.03. The van der Waals surface area contributed by atoms with Gasteiger partial charge in [0, 0.05) is 31.1 Å². The average Bonchev–Trinajstić information content (AvgIpc) is 2.93. The van der Waals surface area contributed by atoms with Gasteiger partial charge in [-0.1, -0.05) is 12.1 Å². The Kier molecular flexibility index (Phi) is 4.61. The van der Waals surface area contributed by atoms with Gasteiger partial charge in [-0.3, -0.25) is 9.89 Å². The lowest BCUT2D eigenvalue weighted by atomic mass is 10.1. The van der Waals surface area contributed by atoms with Gasteiger partial charge < -0.3 is 9.80 Å². The fraction of sp³-hybridized carbons (Fsp3) is 0.412. The predicted molar refractivity (Wildman–Crippen MR) is 94.4 cm³/mol. The molecule has 1 amide bonds. The van der Waals surface area contributed by atoms with E-state index in [1.54, 1.807) is 11.8 Å². The van der Waals surface area contributed by atoms with Gasteiger partial charge in [0.1, 0.15) is 0 Å². The summed E-state index contributed by atoms with van der Waals surface area (Å²) in [5.74, 6) is 0.134. The Hall–Kier alpha value is -1.95. The van der Waals surface area contributed by atoms with Crippen LogP contribution in [0.15, 0.2) is 29.2 Å². The lowest BCUT2D eigenvalue weighted by Crippen LogP contribution is -2.49. The van der Waals surface area contributed by atoms with Crippen molar-refractivity contribution in [3.8, 4) is 0 Å². The van der Waals surface area contributed by atoms with E-state index >= 15 is 0 Å². The van der Waals surface area contributed by atoms with E-state index < -0.39 is 0 Å². The van der Waals surface area contributed by atoms with Crippen LogP contribution < -0.4 is 4.90 Å². The minimum atomic E-state index is 0.134. The fourth-order valence-electron chi connectivity index (χ4n) is 3.14. The third-order valence-corrected chi connectivity index (χ3v) is 5.11. The maximum Gasteiger partial charge on any atom is 0.255 e. The molecule has 0 saturated carbocycles. The number of thioether (sulfide) groups is 1. The predicted octanol–water partition coefficient (Wildman–Crippen LogP) is 2.71. The lowest BCUT2D eigenvalue weighted by Gasteiger charge is -2.36. The van der Waals surface area contributed by atoms with Crippen LogP contribution in [0, 0.1) is 13.8 Å². The molecule has 1 aliphatic heterocycles. The molecule has 1 N–H and O–H groups in total. The summed E-state index contributed by atoms with van der Waals surface area (Å²) in [6.07, 6.45) is 2.01. The van der Waals surface area contributed by atoms with Crippen molar-refractivity contribution in [1.82, 2.24) is 15.1 Å². The normalized spacial score (nSPS) is 15.1. The number of nitrogens with zero attached hydrogens (tertiary/aromatic N) is 3. The minimum absolute atomic E-state index is 0.134. The van der Waals surface area contributed by atoms with E-state index in [4.69, 9.17) is 0 Å². The second kappa shape index (κ2) is 6.66. The van der Waals surface area contributed by atoms with Gasteiger partial charge in [0.25, 0.3) is 5.91 Å². The largest absolute Gasteiger partial charge is 0.365 e. The molecule has 1 aliphatic rings. The van der Waals surface area contributed by atoms with Crippen LogP contribution in [-0.2, 0) is 0 Å². The van der Waals surface area contributed by atoms with E-state index in [0.29, 0.717) is 0 Å². The van der Waals surface area contributed by atoms with Gasteiger partial charge in [-0.25, -0.2) is 0 Å². The summed E-state index contributed by atoms with van der Waals surface area (Å²) >= 11 is 1.62. The number of carbonyl (C=O) groups excluding carboxylic acids is 1. The number of amides is 1. The quantitative estimate of drug-likeness (QED) is 0.879. The van der Waals surface area contributed by atoms with Crippen LogP contribution in [-0.4, -0.2) is 53.4 Å². The molecule has 0 spiro atoms. The number of anilines is 1. The van der Waals surface area contributed by atoms with Gasteiger partial charge in [0.05, 0.1) is 22.6 Å². The molecule has 5 nitrogen and oxygen atoms in total. The van der Waals surface area contributed by atoms with Gasteiger partial charge in [-0.05, 0) is 32.2 Å². The molecular weight excluding hydrogens is 308 g/mol. The highest BCUT2D eigenvalue weighted by Crippen LogP contribution is 2.25. The number of piperazine rings is 1. The van der Waals surface area contributed by atoms with Gasteiger partial charge >= 0.3 is 0 Å². The standard InChI is InChI=1S/C17H22N4OS/c1-12-16(13(2)19-18-12)20-8-10-21(11-9-20)17(22)14-6-4-5-7-15(14)23-3/h4-7H,8-11H2,1-3H3,(H,18,19). The first-order chi connectivity index (χ1) is 11.1. The van der Waals surface area contributed by atoms with Gasteiger partial charge in [-0.15, -0.1) is 11.8 Å². The van der Waals surface area contributed by atoms with Crippen molar-refractivity contribution in [3.05, 3.63) is 41.2 Å². The van der Waals surface area contributed by atoms with E-state index in [2.05, 4.69) is 15.1 Å². The number of carbonyl (C=O) groups is 1. The number of aryl methyl sites for hydroxylation is 2. The van der Waals surface area contributed by atoms with Crippen LogP contribution >= 0.6 is 11.8 Å². The number of aromatic amines is 1. The average molecular weight is 330 g/mol. The van der Waals surface area contributed by atoms with E-state index in [1.165, 1.54) is 5.69 Å². The molecule has 6 heteroatoms. The van der Waals surface area contributed by atoms with Gasteiger partial charge in [0.15, 0.2) is 0 Å². The van der Waals surface area contributed by atoms with Gasteiger partial charge in [0.2, 0.25) is 0 Å². The summed E-state index contributed by atoms with van der Waals surface area (Å²) in [6.45, 7) is 7.23. The molecule has 0 atom stereocenters. The van der Waals surface area contributed by atoms with E-state index in [9.17, 15) is 4.79 Å². The highest BCUT2D eigenvalue weighted by Gasteiger charge is 2.25. The molecule has 122 valence electrons. The maximum absolute atomic E-state index is 12.8. The summed E-state index contributed by atoms with van der Waals surface area (Å²) in [5, 5.41) is 7.30. The number of hydrogen-bond acceptors (Lipinski definition) is 4. The second-order valence-corrected chi connectivity index (χ2v) is 6.61. The highest BCUT2D eigenvalue weighted by atomic mass is 32.2. The molecule has 1 fully saturated rings. The second-order valence-electron chi connectivity index (χ2n) is 5.76. The van der Waals surface area contributed by atoms with Crippen molar-refractivity contribution in [2.75, 3.05) is 37.3 Å². The summed E-state index contributed by atoms with van der Waals surface area (Å²) < 4.78 is 0. The third kappa shape index (κ3) is 3.08. The molecule has 2 aromatic rings. The smallest absolute Gasteiger partial charge is 0.255 e. The zero-order valence-corrected chi connectivity index (χ0v) is 14.6. The molecule has 1 aromatic carbocycles. The van der Waals surface area contributed by atoms with Crippen LogP contribution in [0.5, 0.6) is 0 Å². The lowest BCUT2D eigenvalue weighted by molar-refractivity contribution is 0.0743. The third-order valence-electron chi connectivity index (χ3n) is 4.31. The van der Waals surface area contributed by atoms with Gasteiger partial charge in [-0.2, -0.15) is 5.10 Å². The van der Waals surface area contributed by atoms with Crippen LogP contribution in [0.2, 0.25) is 0 Å². The molecule has 23 heavy (non-hydrogen) atoms. The fourth-order valence-corrected chi connectivity index (χ4v) is 3.73. The molecule has 0 radical (unpaired) electrons. The van der Waals surface area contributed by atoms with Crippen molar-refractivity contribution < 1.29 is 4.79 Å². The summed E-state index contributed by atoms with van der Waals surface area (Å²) in [5.41, 5.74) is 4.11. The van der Waals surface area contributed by atoms with Crippen LogP contribution in [0.4, 0.5) is 5.69 Å². The number of H-pyrrole nitrogens is 1. The zero-order valence-electron chi connectivity index (χ0n) is 13.8. The van der Waals surface area contributed by atoms with Crippen LogP contribution in [0.3, 0.4) is 0 Å². The van der Waals surface area contributed by atoms with Crippen molar-refractivity contribution in [2.24, 2.45) is 0 Å². The number of aromatic nitrogens is 2. The topological polar surface area (TPSA) is 52.2 Å². The summed E-state index contributed by atoms with van der Waals surface area (Å²) in [6, 6.07) is 7.84. The Bertz CT molecular complexity index is 685. The van der Waals surface area contributed by atoms with Crippen molar-refractivity contribution >= 4 is 23.4 Å². The Morgan fingerprint density at radius 2 is 1.87 bits per heavy atom. The molecule has 0 aliphatic carbocycles. The Balaban J connectivity index is 1.70. The number of rotatable bonds is 3. The SMILES string of the molecule is CSc1ccccc1C(=O)N1CCN(c2c(C)n[nH]c2C)CC1. The molecule has 1 saturated heterocycles. The van der Waals surface area contributed by atoms with Crippen molar-refractivity contribution in [1.29, 1.82) is 0 Å². The molecule has 0 bridgehead atoms. The Labute approximate surface area is 141 Å². The number of benzene rings is 1. The molecule has 2 heterocycles. The number of hydrogen-bond donors (Lipinski definition) is 1. The maximum atomic E-state index is 12.8. The molecule has 3 rings (SSSR count). The van der Waals surface area contributed by atoms with Crippen molar-refractivity contribution in [3.63, 3.8) is 0 Å². The van der Waals surface area contributed by atoms with E-state index in [0.717, 1.165) is 48.0 Å². The summed E-state index contributed by atoms with van der Waals surface area (Å²) in [4.78, 5) is 18.1. The molecular formula is C17H22N4OS. The first kappa shape index (κ1) is 15.9. The Morgan fingerprint density at radius 3 is 2.48 bits per heavy atom. The van der Waals surface area contributed by atoms with E-state index in [-0.39, 0.29) is 5.91 Å². The molecule has 0 unspecified atom stereocenters. The highest BCUT2D eigenvalue weighted by molar-refractivity contribution is 7.98. The number of nitrogens with one attached hydrogen (secondary N) is 1. The monoisotopic (exact) mass is 330 g/mol. The first-order valence-electron chi connectivity index (χ1n) is 7.80. The molecule has 1 aromatic heterocycles. The summed E-state index contributed by atoms with van der Waals surface area (Å²) in [7, 11) is 0. The van der Waals surface area contributed by atoms with Crippen molar-refractivity contribution in [2.45, 2.75) is 18.7 Å². The minimum Gasteiger partial charge on any atom is -0.365 e. The van der Waals surface area contributed by atoms with Crippen LogP contribution in [0.1, 0.15) is 21.7 Å². The van der Waals surface area contributed by atoms with Crippen LogP contribution in [0.25, 0.3) is 0 Å². The zero-order chi connectivity index (χ0) is 16.4.